The molecule has 0 fully saturated rings. The van der Waals surface area contributed by atoms with Crippen LogP contribution in [0.2, 0.25) is 0 Å². The highest BCUT2D eigenvalue weighted by molar-refractivity contribution is 5.94. The summed E-state index contributed by atoms with van der Waals surface area (Å²) < 4.78 is 11.2. The Morgan fingerprint density at radius 2 is 1.65 bits per heavy atom. The van der Waals surface area contributed by atoms with Gasteiger partial charge < -0.3 is 14.8 Å². The molecule has 2 rings (SSSR count). The van der Waals surface area contributed by atoms with E-state index in [1.54, 1.807) is 37.3 Å². The number of carbonyl (C=O) groups is 1. The molecule has 0 unspecified atom stereocenters. The number of anilines is 1. The number of amides is 1. The maximum atomic E-state index is 12.3. The molecule has 1 atom stereocenters. The maximum absolute atomic E-state index is 12.3. The van der Waals surface area contributed by atoms with E-state index in [1.165, 1.54) is 5.56 Å². The quantitative estimate of drug-likeness (QED) is 0.716. The van der Waals surface area contributed by atoms with E-state index in [1.807, 2.05) is 24.3 Å². The molecular formula is C22H27NO3. The minimum Gasteiger partial charge on any atom is -0.490 e. The highest BCUT2D eigenvalue weighted by Crippen LogP contribution is 2.25. The molecule has 0 aliphatic heterocycles. The second-order valence-electron chi connectivity index (χ2n) is 7.15. The minimum atomic E-state index is -0.604. The summed E-state index contributed by atoms with van der Waals surface area (Å²) in [6, 6.07) is 15.0. The Bertz CT molecular complexity index is 727. The van der Waals surface area contributed by atoms with Crippen LogP contribution < -0.4 is 14.8 Å². The lowest BCUT2D eigenvalue weighted by molar-refractivity contribution is -0.122. The van der Waals surface area contributed by atoms with E-state index in [-0.39, 0.29) is 11.3 Å². The van der Waals surface area contributed by atoms with Crippen LogP contribution in [0, 0.1) is 0 Å². The maximum Gasteiger partial charge on any atom is 0.265 e. The number of hydrogen-bond acceptors (Lipinski definition) is 3. The van der Waals surface area contributed by atoms with Crippen molar-refractivity contribution in [3.8, 4) is 11.5 Å². The Morgan fingerprint density at radius 3 is 2.19 bits per heavy atom. The third-order valence-corrected chi connectivity index (χ3v) is 3.89. The predicted molar refractivity (Wildman–Crippen MR) is 106 cm³/mol. The SMILES string of the molecule is C=CCOc1ccc(NC(=O)[C@H](C)Oc2ccc(C(C)(C)C)cc2)cc1. The standard InChI is InChI=1S/C22H27NO3/c1-6-15-25-19-13-9-18(10-14-19)23-21(24)16(2)26-20-11-7-17(8-12-20)22(3,4)5/h6-14,16H,1,15H2,2-5H3,(H,23,24)/t16-/m0/s1. The van der Waals surface area contributed by atoms with Crippen LogP contribution in [0.1, 0.15) is 33.3 Å². The highest BCUT2D eigenvalue weighted by Gasteiger charge is 2.16. The lowest BCUT2D eigenvalue weighted by atomic mass is 9.87. The molecule has 0 spiro atoms. The second-order valence-corrected chi connectivity index (χ2v) is 7.15. The van der Waals surface area contributed by atoms with Crippen molar-refractivity contribution in [2.45, 2.75) is 39.2 Å². The molecule has 26 heavy (non-hydrogen) atoms. The fourth-order valence-corrected chi connectivity index (χ4v) is 2.32. The van der Waals surface area contributed by atoms with Gasteiger partial charge in [0.15, 0.2) is 6.10 Å². The third kappa shape index (κ3) is 5.66. The molecule has 0 saturated heterocycles. The fourth-order valence-electron chi connectivity index (χ4n) is 2.32. The minimum absolute atomic E-state index is 0.0864. The lowest BCUT2D eigenvalue weighted by Gasteiger charge is -2.20. The third-order valence-electron chi connectivity index (χ3n) is 3.89. The van der Waals surface area contributed by atoms with Crippen molar-refractivity contribution in [3.05, 3.63) is 66.7 Å². The van der Waals surface area contributed by atoms with Crippen molar-refractivity contribution >= 4 is 11.6 Å². The summed E-state index contributed by atoms with van der Waals surface area (Å²) in [6.45, 7) is 12.3. The van der Waals surface area contributed by atoms with Crippen molar-refractivity contribution in [1.82, 2.24) is 0 Å². The van der Waals surface area contributed by atoms with Crippen molar-refractivity contribution in [3.63, 3.8) is 0 Å². The van der Waals surface area contributed by atoms with E-state index in [9.17, 15) is 4.79 Å². The zero-order chi connectivity index (χ0) is 19.2. The summed E-state index contributed by atoms with van der Waals surface area (Å²) in [5.74, 6) is 1.20. The number of rotatable bonds is 7. The van der Waals surface area contributed by atoms with Crippen LogP contribution in [0.15, 0.2) is 61.2 Å². The Morgan fingerprint density at radius 1 is 1.08 bits per heavy atom. The molecule has 0 aliphatic carbocycles. The van der Waals surface area contributed by atoms with Crippen molar-refractivity contribution < 1.29 is 14.3 Å². The van der Waals surface area contributed by atoms with Crippen LogP contribution in [0.3, 0.4) is 0 Å². The van der Waals surface area contributed by atoms with Gasteiger partial charge in [-0.2, -0.15) is 0 Å². The van der Waals surface area contributed by atoms with Gasteiger partial charge in [0.25, 0.3) is 5.91 Å². The summed E-state index contributed by atoms with van der Waals surface area (Å²) in [5.41, 5.74) is 2.00. The van der Waals surface area contributed by atoms with Gasteiger partial charge in [0, 0.05) is 5.69 Å². The van der Waals surface area contributed by atoms with Gasteiger partial charge in [0.1, 0.15) is 18.1 Å². The molecule has 0 aromatic heterocycles. The molecule has 0 saturated carbocycles. The number of hydrogen-bond donors (Lipinski definition) is 1. The van der Waals surface area contributed by atoms with Gasteiger partial charge in [-0.1, -0.05) is 45.6 Å². The van der Waals surface area contributed by atoms with Gasteiger partial charge in [-0.05, 0) is 54.3 Å². The van der Waals surface area contributed by atoms with E-state index in [2.05, 4.69) is 32.7 Å². The number of nitrogens with one attached hydrogen (secondary N) is 1. The molecule has 4 heteroatoms. The Labute approximate surface area is 155 Å². The first-order chi connectivity index (χ1) is 12.3. The van der Waals surface area contributed by atoms with Crippen molar-refractivity contribution in [1.29, 1.82) is 0 Å². The molecular weight excluding hydrogens is 326 g/mol. The fraction of sp³-hybridized carbons (Fsp3) is 0.318. The molecule has 0 radical (unpaired) electrons. The van der Waals surface area contributed by atoms with Crippen LogP contribution in [-0.2, 0) is 10.2 Å². The topological polar surface area (TPSA) is 47.6 Å². The lowest BCUT2D eigenvalue weighted by Crippen LogP contribution is -2.30. The summed E-state index contributed by atoms with van der Waals surface area (Å²) in [7, 11) is 0. The Hall–Kier alpha value is -2.75. The van der Waals surface area contributed by atoms with Gasteiger partial charge in [0.2, 0.25) is 0 Å². The first kappa shape index (κ1) is 19.6. The summed E-state index contributed by atoms with van der Waals surface area (Å²) in [4.78, 5) is 12.3. The highest BCUT2D eigenvalue weighted by atomic mass is 16.5. The molecule has 1 amide bonds. The average molecular weight is 353 g/mol. The largest absolute Gasteiger partial charge is 0.490 e. The van der Waals surface area contributed by atoms with Gasteiger partial charge in [-0.25, -0.2) is 0 Å². The average Bonchev–Trinajstić information content (AvgIpc) is 2.60. The number of carbonyl (C=O) groups excluding carboxylic acids is 1. The summed E-state index contributed by atoms with van der Waals surface area (Å²) in [5, 5.41) is 2.84. The molecule has 0 bridgehead atoms. The van der Waals surface area contributed by atoms with E-state index in [0.29, 0.717) is 18.0 Å². The van der Waals surface area contributed by atoms with Gasteiger partial charge in [0.05, 0.1) is 0 Å². The van der Waals surface area contributed by atoms with Crippen molar-refractivity contribution in [2.24, 2.45) is 0 Å². The zero-order valence-electron chi connectivity index (χ0n) is 15.9. The zero-order valence-corrected chi connectivity index (χ0v) is 15.9. The smallest absolute Gasteiger partial charge is 0.265 e. The van der Waals surface area contributed by atoms with Crippen LogP contribution in [-0.4, -0.2) is 18.6 Å². The van der Waals surface area contributed by atoms with Crippen molar-refractivity contribution in [2.75, 3.05) is 11.9 Å². The molecule has 2 aromatic carbocycles. The van der Waals surface area contributed by atoms with E-state index >= 15 is 0 Å². The van der Waals surface area contributed by atoms with E-state index in [4.69, 9.17) is 9.47 Å². The first-order valence-electron chi connectivity index (χ1n) is 8.71. The van der Waals surface area contributed by atoms with E-state index in [0.717, 1.165) is 5.75 Å². The summed E-state index contributed by atoms with van der Waals surface area (Å²) >= 11 is 0. The number of ether oxygens (including phenoxy) is 2. The van der Waals surface area contributed by atoms with Crippen LogP contribution in [0.25, 0.3) is 0 Å². The summed E-state index contributed by atoms with van der Waals surface area (Å²) in [6.07, 6.45) is 1.08. The number of benzene rings is 2. The Kier molecular flexibility index (Phi) is 6.45. The molecule has 0 aliphatic rings. The van der Waals surface area contributed by atoms with Crippen LogP contribution >= 0.6 is 0 Å². The van der Waals surface area contributed by atoms with Crippen LogP contribution in [0.5, 0.6) is 11.5 Å². The van der Waals surface area contributed by atoms with Gasteiger partial charge >= 0.3 is 0 Å². The molecule has 1 N–H and O–H groups in total. The van der Waals surface area contributed by atoms with E-state index < -0.39 is 6.10 Å². The molecule has 0 heterocycles. The van der Waals surface area contributed by atoms with Gasteiger partial charge in [-0.15, -0.1) is 0 Å². The normalized spacial score (nSPS) is 12.2. The van der Waals surface area contributed by atoms with Gasteiger partial charge in [-0.3, -0.25) is 4.79 Å². The molecule has 4 nitrogen and oxygen atoms in total. The second kappa shape index (κ2) is 8.56. The predicted octanol–water partition coefficient (Wildman–Crippen LogP) is 4.95. The van der Waals surface area contributed by atoms with Crippen LogP contribution in [0.4, 0.5) is 5.69 Å². The molecule has 138 valence electrons. The first-order valence-corrected chi connectivity index (χ1v) is 8.71. The monoisotopic (exact) mass is 353 g/mol. The molecule has 2 aromatic rings. The Balaban J connectivity index is 1.91.